The number of aromatic nitrogens is 2. The molecule has 102 valence electrons. The van der Waals surface area contributed by atoms with E-state index in [1.165, 1.54) is 31.4 Å². The van der Waals surface area contributed by atoms with E-state index in [1.807, 2.05) is 11.8 Å². The fourth-order valence-electron chi connectivity index (χ4n) is 1.66. The highest BCUT2D eigenvalue weighted by molar-refractivity contribution is 7.98. The van der Waals surface area contributed by atoms with Crippen LogP contribution < -0.4 is 10.6 Å². The van der Waals surface area contributed by atoms with E-state index in [0.29, 0.717) is 24.5 Å². The van der Waals surface area contributed by atoms with E-state index in [9.17, 15) is 0 Å². The Morgan fingerprint density at radius 1 is 1.28 bits per heavy atom. The normalized spacial score (nSPS) is 14.9. The minimum atomic E-state index is 0.549. The SMILES string of the molecule is CSCCCCCNc1nnc(CNC2CC2)o1. The summed E-state index contributed by atoms with van der Waals surface area (Å²) >= 11 is 1.90. The molecule has 18 heavy (non-hydrogen) atoms. The van der Waals surface area contributed by atoms with Gasteiger partial charge in [0.15, 0.2) is 0 Å². The topological polar surface area (TPSA) is 63.0 Å². The maximum absolute atomic E-state index is 5.49. The molecule has 1 heterocycles. The summed E-state index contributed by atoms with van der Waals surface area (Å²) in [5.41, 5.74) is 0. The van der Waals surface area contributed by atoms with Crippen molar-refractivity contribution in [2.45, 2.75) is 44.7 Å². The summed E-state index contributed by atoms with van der Waals surface area (Å²) in [5.74, 6) is 1.92. The molecule has 2 N–H and O–H groups in total. The zero-order chi connectivity index (χ0) is 12.6. The Kier molecular flexibility index (Phi) is 5.80. The van der Waals surface area contributed by atoms with Crippen LogP contribution in [0.2, 0.25) is 0 Å². The van der Waals surface area contributed by atoms with Gasteiger partial charge in [-0.1, -0.05) is 11.5 Å². The molecule has 0 aromatic carbocycles. The third-order valence-electron chi connectivity index (χ3n) is 2.89. The zero-order valence-corrected chi connectivity index (χ0v) is 11.8. The lowest BCUT2D eigenvalue weighted by atomic mass is 10.2. The molecule has 0 bridgehead atoms. The maximum Gasteiger partial charge on any atom is 0.315 e. The van der Waals surface area contributed by atoms with E-state index in [2.05, 4.69) is 27.1 Å². The number of nitrogens with one attached hydrogen (secondary N) is 2. The lowest BCUT2D eigenvalue weighted by molar-refractivity contribution is 0.475. The molecule has 0 radical (unpaired) electrons. The summed E-state index contributed by atoms with van der Waals surface area (Å²) in [6, 6.07) is 1.22. The van der Waals surface area contributed by atoms with E-state index in [1.54, 1.807) is 0 Å². The summed E-state index contributed by atoms with van der Waals surface area (Å²) in [6.45, 7) is 1.60. The van der Waals surface area contributed by atoms with Crippen LogP contribution in [-0.2, 0) is 6.54 Å². The average molecular weight is 270 g/mol. The van der Waals surface area contributed by atoms with Gasteiger partial charge in [-0.2, -0.15) is 11.8 Å². The molecule has 1 fully saturated rings. The van der Waals surface area contributed by atoms with Crippen molar-refractivity contribution in [3.8, 4) is 0 Å². The number of rotatable bonds is 10. The standard InChI is InChI=1S/C12H22N4OS/c1-18-8-4-2-3-7-13-12-16-15-11(17-12)9-14-10-5-6-10/h10,14H,2-9H2,1H3,(H,13,16). The van der Waals surface area contributed by atoms with Crippen LogP contribution in [0, 0.1) is 0 Å². The third kappa shape index (κ3) is 5.27. The molecule has 0 atom stereocenters. The van der Waals surface area contributed by atoms with Crippen LogP contribution >= 0.6 is 11.8 Å². The Morgan fingerprint density at radius 2 is 2.17 bits per heavy atom. The zero-order valence-electron chi connectivity index (χ0n) is 10.9. The second-order valence-corrected chi connectivity index (χ2v) is 5.62. The second kappa shape index (κ2) is 7.63. The van der Waals surface area contributed by atoms with Crippen molar-refractivity contribution in [3.05, 3.63) is 5.89 Å². The molecule has 1 aliphatic rings. The average Bonchev–Trinajstić information content (AvgIpc) is 3.11. The third-order valence-corrected chi connectivity index (χ3v) is 3.58. The Morgan fingerprint density at radius 3 is 2.94 bits per heavy atom. The van der Waals surface area contributed by atoms with Crippen molar-refractivity contribution >= 4 is 17.8 Å². The summed E-state index contributed by atoms with van der Waals surface area (Å²) in [7, 11) is 0. The van der Waals surface area contributed by atoms with Crippen molar-refractivity contribution < 1.29 is 4.42 Å². The quantitative estimate of drug-likeness (QED) is 0.636. The maximum atomic E-state index is 5.49. The van der Waals surface area contributed by atoms with Crippen LogP contribution in [0.25, 0.3) is 0 Å². The van der Waals surface area contributed by atoms with Crippen molar-refractivity contribution in [1.29, 1.82) is 0 Å². The molecular formula is C12H22N4OS. The first-order valence-corrected chi connectivity index (χ1v) is 8.06. The van der Waals surface area contributed by atoms with Crippen molar-refractivity contribution in [3.63, 3.8) is 0 Å². The monoisotopic (exact) mass is 270 g/mol. The van der Waals surface area contributed by atoms with Crippen LogP contribution in [0.1, 0.15) is 38.0 Å². The highest BCUT2D eigenvalue weighted by Crippen LogP contribution is 2.19. The van der Waals surface area contributed by atoms with Crippen LogP contribution in [0.5, 0.6) is 0 Å². The number of nitrogens with zero attached hydrogens (tertiary/aromatic N) is 2. The predicted molar refractivity (Wildman–Crippen MR) is 74.9 cm³/mol. The lowest BCUT2D eigenvalue weighted by Crippen LogP contribution is -2.15. The number of hydrogen-bond donors (Lipinski definition) is 2. The highest BCUT2D eigenvalue weighted by atomic mass is 32.2. The van der Waals surface area contributed by atoms with Gasteiger partial charge in [0, 0.05) is 12.6 Å². The molecule has 2 rings (SSSR count). The van der Waals surface area contributed by atoms with Gasteiger partial charge in [-0.15, -0.1) is 5.10 Å². The van der Waals surface area contributed by atoms with Gasteiger partial charge >= 0.3 is 6.01 Å². The molecular weight excluding hydrogens is 248 g/mol. The van der Waals surface area contributed by atoms with Gasteiger partial charge in [0.05, 0.1) is 6.54 Å². The van der Waals surface area contributed by atoms with E-state index in [-0.39, 0.29) is 0 Å². The van der Waals surface area contributed by atoms with Crippen LogP contribution in [0.4, 0.5) is 6.01 Å². The predicted octanol–water partition coefficient (Wildman–Crippen LogP) is 2.27. The molecule has 0 aliphatic heterocycles. The largest absolute Gasteiger partial charge is 0.407 e. The summed E-state index contributed by atoms with van der Waals surface area (Å²) in [5, 5.41) is 14.5. The van der Waals surface area contributed by atoms with E-state index in [0.717, 1.165) is 13.0 Å². The summed E-state index contributed by atoms with van der Waals surface area (Å²) in [6.07, 6.45) is 8.37. The summed E-state index contributed by atoms with van der Waals surface area (Å²) < 4.78 is 5.49. The smallest absolute Gasteiger partial charge is 0.315 e. The molecule has 0 amide bonds. The van der Waals surface area contributed by atoms with Gasteiger partial charge in [-0.05, 0) is 37.7 Å². The Balaban J connectivity index is 1.54. The Bertz CT molecular complexity index is 341. The molecule has 0 unspecified atom stereocenters. The minimum Gasteiger partial charge on any atom is -0.407 e. The van der Waals surface area contributed by atoms with Gasteiger partial charge < -0.3 is 15.1 Å². The molecule has 0 spiro atoms. The van der Waals surface area contributed by atoms with E-state index in [4.69, 9.17) is 4.42 Å². The van der Waals surface area contributed by atoms with Gasteiger partial charge in [0.25, 0.3) is 0 Å². The van der Waals surface area contributed by atoms with Crippen molar-refractivity contribution in [1.82, 2.24) is 15.5 Å². The second-order valence-electron chi connectivity index (χ2n) is 4.64. The number of anilines is 1. The molecule has 6 heteroatoms. The van der Waals surface area contributed by atoms with Gasteiger partial charge in [0.2, 0.25) is 5.89 Å². The molecule has 1 aromatic rings. The van der Waals surface area contributed by atoms with Gasteiger partial charge in [-0.3, -0.25) is 0 Å². The Labute approximate surface area is 112 Å². The fraction of sp³-hybridized carbons (Fsp3) is 0.833. The van der Waals surface area contributed by atoms with Crippen LogP contribution in [0.3, 0.4) is 0 Å². The molecule has 1 aromatic heterocycles. The number of thioether (sulfide) groups is 1. The number of unbranched alkanes of at least 4 members (excludes halogenated alkanes) is 2. The Hall–Kier alpha value is -0.750. The lowest BCUT2D eigenvalue weighted by Gasteiger charge is -2.00. The number of hydrogen-bond acceptors (Lipinski definition) is 6. The highest BCUT2D eigenvalue weighted by Gasteiger charge is 2.21. The first-order valence-electron chi connectivity index (χ1n) is 6.67. The molecule has 5 nitrogen and oxygen atoms in total. The van der Waals surface area contributed by atoms with Gasteiger partial charge in [0.1, 0.15) is 0 Å². The first-order chi connectivity index (χ1) is 8.88. The summed E-state index contributed by atoms with van der Waals surface area (Å²) in [4.78, 5) is 0. The van der Waals surface area contributed by atoms with Gasteiger partial charge in [-0.25, -0.2) is 0 Å². The minimum absolute atomic E-state index is 0.549. The van der Waals surface area contributed by atoms with Crippen LogP contribution in [0.15, 0.2) is 4.42 Å². The fourth-order valence-corrected chi connectivity index (χ4v) is 2.15. The molecule has 1 aliphatic carbocycles. The van der Waals surface area contributed by atoms with E-state index < -0.39 is 0 Å². The van der Waals surface area contributed by atoms with Crippen molar-refractivity contribution in [2.24, 2.45) is 0 Å². The molecule has 1 saturated carbocycles. The first kappa shape index (κ1) is 13.7. The molecule has 0 saturated heterocycles. The van der Waals surface area contributed by atoms with E-state index >= 15 is 0 Å². The van der Waals surface area contributed by atoms with Crippen LogP contribution in [-0.4, -0.2) is 34.8 Å². The van der Waals surface area contributed by atoms with Crippen molar-refractivity contribution in [2.75, 3.05) is 23.9 Å².